The van der Waals surface area contributed by atoms with Crippen LogP contribution in [0, 0.1) is 18.7 Å². The molecule has 0 fully saturated rings. The maximum absolute atomic E-state index is 14.0. The van der Waals surface area contributed by atoms with Crippen LogP contribution in [-0.4, -0.2) is 29.3 Å². The smallest absolute Gasteiger partial charge is 0.391 e. The molecule has 1 unspecified atom stereocenters. The van der Waals surface area contributed by atoms with E-state index in [0.29, 0.717) is 5.69 Å². The van der Waals surface area contributed by atoms with E-state index in [1.807, 2.05) is 6.92 Å². The number of amides is 2. The molecule has 0 saturated heterocycles. The van der Waals surface area contributed by atoms with Gasteiger partial charge in [0.05, 0.1) is 23.4 Å². The van der Waals surface area contributed by atoms with Gasteiger partial charge in [-0.1, -0.05) is 37.6 Å². The lowest BCUT2D eigenvalue weighted by molar-refractivity contribution is -0.137. The van der Waals surface area contributed by atoms with Crippen LogP contribution in [0.4, 0.5) is 39.4 Å². The zero-order chi connectivity index (χ0) is 28.0. The van der Waals surface area contributed by atoms with Crippen molar-refractivity contribution in [1.82, 2.24) is 0 Å². The van der Waals surface area contributed by atoms with Gasteiger partial charge in [-0.05, 0) is 72.9 Å². The molecule has 3 aromatic carbocycles. The summed E-state index contributed by atoms with van der Waals surface area (Å²) in [5, 5.41) is 17.7. The molecule has 0 spiro atoms. The maximum Gasteiger partial charge on any atom is 0.391 e. The highest BCUT2D eigenvalue weighted by atomic mass is 19.4. The Morgan fingerprint density at radius 1 is 0.921 bits per heavy atom. The highest BCUT2D eigenvalue weighted by Crippen LogP contribution is 2.34. The molecule has 10 heteroatoms. The summed E-state index contributed by atoms with van der Waals surface area (Å²) < 4.78 is 53.8. The molecule has 3 rings (SSSR count). The number of halogens is 4. The SMILES string of the molecule is Cc1ccc(NC(=O)Nc2cc(-c3cc(F)ccc3C(=O)O)ccc2NC(CC(C)C)CC(F)(F)F)cc1. The molecule has 4 N–H and O–H groups in total. The minimum Gasteiger partial charge on any atom is -0.478 e. The number of rotatable bonds is 9. The Bertz CT molecular complexity index is 1290. The normalized spacial score (nSPS) is 12.2. The van der Waals surface area contributed by atoms with Gasteiger partial charge in [0, 0.05) is 11.7 Å². The van der Waals surface area contributed by atoms with Crippen molar-refractivity contribution in [2.24, 2.45) is 5.92 Å². The van der Waals surface area contributed by atoms with Crippen LogP contribution in [0.15, 0.2) is 60.7 Å². The van der Waals surface area contributed by atoms with Crippen molar-refractivity contribution >= 4 is 29.1 Å². The van der Waals surface area contributed by atoms with Gasteiger partial charge in [0.1, 0.15) is 5.82 Å². The van der Waals surface area contributed by atoms with Crippen molar-refractivity contribution in [2.75, 3.05) is 16.0 Å². The van der Waals surface area contributed by atoms with Crippen molar-refractivity contribution in [3.63, 3.8) is 0 Å². The van der Waals surface area contributed by atoms with Crippen LogP contribution >= 0.6 is 0 Å². The predicted octanol–water partition coefficient (Wildman–Crippen LogP) is 7.92. The van der Waals surface area contributed by atoms with Crippen molar-refractivity contribution in [3.8, 4) is 11.1 Å². The van der Waals surface area contributed by atoms with E-state index < -0.39 is 36.5 Å². The topological polar surface area (TPSA) is 90.5 Å². The first-order valence-corrected chi connectivity index (χ1v) is 12.0. The average molecular weight is 532 g/mol. The summed E-state index contributed by atoms with van der Waals surface area (Å²) in [4.78, 5) is 24.5. The fourth-order valence-electron chi connectivity index (χ4n) is 4.07. The van der Waals surface area contributed by atoms with E-state index in [4.69, 9.17) is 0 Å². The first kappa shape index (κ1) is 28.5. The molecule has 2 amide bonds. The molecule has 1 atom stereocenters. The molecular formula is C28H29F4N3O3. The average Bonchev–Trinajstić information content (AvgIpc) is 2.80. The number of aromatic carboxylic acids is 1. The van der Waals surface area contributed by atoms with Crippen LogP contribution in [0.25, 0.3) is 11.1 Å². The van der Waals surface area contributed by atoms with Crippen molar-refractivity contribution in [2.45, 2.75) is 45.8 Å². The van der Waals surface area contributed by atoms with Gasteiger partial charge in [-0.25, -0.2) is 14.0 Å². The maximum atomic E-state index is 14.0. The fourth-order valence-corrected chi connectivity index (χ4v) is 4.07. The molecule has 0 radical (unpaired) electrons. The number of carbonyl (C=O) groups is 2. The number of alkyl halides is 3. The minimum atomic E-state index is -4.42. The predicted molar refractivity (Wildman–Crippen MR) is 140 cm³/mol. The zero-order valence-electron chi connectivity index (χ0n) is 21.1. The molecule has 202 valence electrons. The Balaban J connectivity index is 2.01. The summed E-state index contributed by atoms with van der Waals surface area (Å²) in [5.74, 6) is -1.99. The molecule has 0 saturated carbocycles. The second-order valence-corrected chi connectivity index (χ2v) is 9.49. The molecule has 3 aromatic rings. The lowest BCUT2D eigenvalue weighted by atomic mass is 9.97. The van der Waals surface area contributed by atoms with E-state index in [1.54, 1.807) is 38.1 Å². The Morgan fingerprint density at radius 3 is 2.21 bits per heavy atom. The second-order valence-electron chi connectivity index (χ2n) is 9.49. The summed E-state index contributed by atoms with van der Waals surface area (Å²) in [6.45, 7) is 5.50. The second kappa shape index (κ2) is 12.0. The summed E-state index contributed by atoms with van der Waals surface area (Å²) in [5.41, 5.74) is 1.93. The van der Waals surface area contributed by atoms with Crippen molar-refractivity contribution < 1.29 is 32.3 Å². The Hall–Kier alpha value is -4.08. The zero-order valence-corrected chi connectivity index (χ0v) is 21.1. The standard InChI is InChI=1S/C28H29F4N3O3/c1-16(2)12-21(15-28(30,31)32)33-24-11-6-18(23-14-19(29)7-10-22(23)26(36)37)13-25(24)35-27(38)34-20-8-4-17(3)5-9-20/h4-11,13-14,16,21,33H,12,15H2,1-3H3,(H,36,37)(H2,34,35,38). The molecule has 0 aliphatic carbocycles. The van der Waals surface area contributed by atoms with Crippen LogP contribution in [0.2, 0.25) is 0 Å². The molecule has 6 nitrogen and oxygen atoms in total. The highest BCUT2D eigenvalue weighted by Gasteiger charge is 2.32. The summed E-state index contributed by atoms with van der Waals surface area (Å²) in [7, 11) is 0. The summed E-state index contributed by atoms with van der Waals surface area (Å²) >= 11 is 0. The third-order valence-electron chi connectivity index (χ3n) is 5.69. The summed E-state index contributed by atoms with van der Waals surface area (Å²) in [6.07, 6.45) is -5.29. The first-order chi connectivity index (χ1) is 17.8. The molecule has 0 heterocycles. The number of hydrogen-bond donors (Lipinski definition) is 4. The van der Waals surface area contributed by atoms with Gasteiger partial charge < -0.3 is 21.1 Å². The monoisotopic (exact) mass is 531 g/mol. The van der Waals surface area contributed by atoms with Gasteiger partial charge in [-0.2, -0.15) is 13.2 Å². The number of carboxylic acid groups (broad SMARTS) is 1. The van der Waals surface area contributed by atoms with E-state index >= 15 is 0 Å². The van der Waals surface area contributed by atoms with Gasteiger partial charge in [-0.3, -0.25) is 0 Å². The van der Waals surface area contributed by atoms with Gasteiger partial charge >= 0.3 is 18.2 Å². The molecule has 0 aromatic heterocycles. The summed E-state index contributed by atoms with van der Waals surface area (Å²) in [6, 6.07) is 12.8. The van der Waals surface area contributed by atoms with Gasteiger partial charge in [0.15, 0.2) is 0 Å². The lowest BCUT2D eigenvalue weighted by Crippen LogP contribution is -2.29. The van der Waals surface area contributed by atoms with E-state index in [2.05, 4.69) is 16.0 Å². The number of hydrogen-bond acceptors (Lipinski definition) is 3. The number of benzene rings is 3. The van der Waals surface area contributed by atoms with Crippen molar-refractivity contribution in [3.05, 3.63) is 77.6 Å². The number of carboxylic acids is 1. The Kier molecular flexibility index (Phi) is 8.98. The van der Waals surface area contributed by atoms with Crippen LogP contribution in [-0.2, 0) is 0 Å². The molecular weight excluding hydrogens is 502 g/mol. The van der Waals surface area contributed by atoms with Crippen LogP contribution in [0.1, 0.15) is 42.6 Å². The van der Waals surface area contributed by atoms with Gasteiger partial charge in [0.25, 0.3) is 0 Å². The van der Waals surface area contributed by atoms with Crippen molar-refractivity contribution in [1.29, 1.82) is 0 Å². The highest BCUT2D eigenvalue weighted by molar-refractivity contribution is 6.03. The van der Waals surface area contributed by atoms with Crippen LogP contribution in [0.3, 0.4) is 0 Å². The number of carbonyl (C=O) groups excluding carboxylic acids is 1. The lowest BCUT2D eigenvalue weighted by Gasteiger charge is -2.25. The quantitative estimate of drug-likeness (QED) is 0.211. The van der Waals surface area contributed by atoms with Crippen LogP contribution < -0.4 is 16.0 Å². The fraction of sp³-hybridized carbons (Fsp3) is 0.286. The molecule has 0 bridgehead atoms. The van der Waals surface area contributed by atoms with E-state index in [-0.39, 0.29) is 40.4 Å². The number of aryl methyl sites for hydroxylation is 1. The first-order valence-electron chi connectivity index (χ1n) is 12.0. The van der Waals surface area contributed by atoms with E-state index in [0.717, 1.165) is 23.8 Å². The third kappa shape index (κ3) is 8.22. The minimum absolute atomic E-state index is 0.0409. The molecule has 0 aliphatic rings. The third-order valence-corrected chi connectivity index (χ3v) is 5.69. The Labute approximate surface area is 218 Å². The van der Waals surface area contributed by atoms with E-state index in [1.165, 1.54) is 18.2 Å². The number of nitrogens with one attached hydrogen (secondary N) is 3. The largest absolute Gasteiger partial charge is 0.478 e. The van der Waals surface area contributed by atoms with Crippen LogP contribution in [0.5, 0.6) is 0 Å². The van der Waals surface area contributed by atoms with E-state index in [9.17, 15) is 32.3 Å². The van der Waals surface area contributed by atoms with Gasteiger partial charge in [-0.15, -0.1) is 0 Å². The molecule has 38 heavy (non-hydrogen) atoms. The number of urea groups is 1. The number of anilines is 3. The molecule has 0 aliphatic heterocycles. The van der Waals surface area contributed by atoms with Gasteiger partial charge in [0.2, 0.25) is 0 Å². The Morgan fingerprint density at radius 2 is 1.61 bits per heavy atom.